The van der Waals surface area contributed by atoms with Crippen molar-refractivity contribution in [1.29, 1.82) is 0 Å². The first-order valence-corrected chi connectivity index (χ1v) is 7.33. The molecule has 0 aliphatic carbocycles. The maximum Gasteiger partial charge on any atom is 0.140 e. The molecule has 2 N–H and O–H groups in total. The van der Waals surface area contributed by atoms with Crippen LogP contribution in [0.25, 0.3) is 0 Å². The highest BCUT2D eigenvalue weighted by Crippen LogP contribution is 2.32. The lowest BCUT2D eigenvalue weighted by Gasteiger charge is -2.24. The largest absolute Gasteiger partial charge is 0.483 e. The number of rotatable bonds is 5. The fourth-order valence-electron chi connectivity index (χ4n) is 1.76. The average Bonchev–Trinajstić information content (AvgIpc) is 2.91. The fraction of sp³-hybridized carbons (Fsp3) is 0.286. The Balaban J connectivity index is 2.25. The summed E-state index contributed by atoms with van der Waals surface area (Å²) < 4.78 is 18.9. The van der Waals surface area contributed by atoms with Crippen LogP contribution in [0.4, 0.5) is 4.39 Å². The van der Waals surface area contributed by atoms with E-state index in [1.54, 1.807) is 11.3 Å². The van der Waals surface area contributed by atoms with E-state index in [1.807, 2.05) is 23.8 Å². The van der Waals surface area contributed by atoms with Crippen molar-refractivity contribution in [2.45, 2.75) is 25.5 Å². The normalized spacial score (nSPS) is 14.1. The Morgan fingerprint density at radius 2 is 2.21 bits per heavy atom. The maximum atomic E-state index is 13.0. The molecule has 2 rings (SSSR count). The van der Waals surface area contributed by atoms with Crippen LogP contribution in [0.3, 0.4) is 0 Å². The monoisotopic (exact) mass is 299 g/mol. The molecule has 1 aromatic carbocycles. The molecule has 2 aromatic rings. The van der Waals surface area contributed by atoms with Crippen LogP contribution in [0, 0.1) is 5.82 Å². The minimum Gasteiger partial charge on any atom is -0.483 e. The molecule has 1 aromatic heterocycles. The molecule has 0 fully saturated rings. The van der Waals surface area contributed by atoms with Gasteiger partial charge in [-0.15, -0.1) is 0 Å². The van der Waals surface area contributed by atoms with Gasteiger partial charge in [-0.3, -0.25) is 0 Å². The van der Waals surface area contributed by atoms with Crippen molar-refractivity contribution in [2.75, 3.05) is 0 Å². The van der Waals surface area contributed by atoms with Gasteiger partial charge in [-0.2, -0.15) is 11.3 Å². The molecule has 5 heteroatoms. The molecule has 0 saturated carbocycles. The van der Waals surface area contributed by atoms with E-state index < -0.39 is 0 Å². The Hall–Kier alpha value is -1.10. The van der Waals surface area contributed by atoms with Gasteiger partial charge in [0.15, 0.2) is 0 Å². The molecule has 0 amide bonds. The molecule has 0 bridgehead atoms. The zero-order chi connectivity index (χ0) is 13.8. The molecule has 1 heterocycles. The highest BCUT2D eigenvalue weighted by Gasteiger charge is 2.22. The Kier molecular flexibility index (Phi) is 4.80. The van der Waals surface area contributed by atoms with Gasteiger partial charge in [0, 0.05) is 11.6 Å². The smallest absolute Gasteiger partial charge is 0.140 e. The van der Waals surface area contributed by atoms with Crippen LogP contribution in [0.2, 0.25) is 5.02 Å². The minimum absolute atomic E-state index is 0.143. The molecule has 2 atom stereocenters. The van der Waals surface area contributed by atoms with Crippen molar-refractivity contribution in [3.8, 4) is 5.75 Å². The van der Waals surface area contributed by atoms with E-state index in [2.05, 4.69) is 0 Å². The van der Waals surface area contributed by atoms with Gasteiger partial charge in [0.05, 0.1) is 5.02 Å². The van der Waals surface area contributed by atoms with Gasteiger partial charge in [-0.1, -0.05) is 18.5 Å². The quantitative estimate of drug-likeness (QED) is 0.888. The lowest BCUT2D eigenvalue weighted by Crippen LogP contribution is -2.31. The van der Waals surface area contributed by atoms with E-state index in [-0.39, 0.29) is 23.0 Å². The highest BCUT2D eigenvalue weighted by atomic mass is 35.5. The summed E-state index contributed by atoms with van der Waals surface area (Å²) in [5.41, 5.74) is 7.11. The third-order valence-electron chi connectivity index (χ3n) is 2.88. The van der Waals surface area contributed by atoms with Gasteiger partial charge in [-0.25, -0.2) is 4.39 Å². The molecule has 0 saturated heterocycles. The zero-order valence-corrected chi connectivity index (χ0v) is 12.0. The first-order chi connectivity index (χ1) is 9.11. The molecular formula is C14H15ClFNOS. The summed E-state index contributed by atoms with van der Waals surface area (Å²) in [6, 6.07) is 5.92. The van der Waals surface area contributed by atoms with Crippen molar-refractivity contribution in [1.82, 2.24) is 0 Å². The Morgan fingerprint density at radius 3 is 2.79 bits per heavy atom. The second kappa shape index (κ2) is 6.37. The molecule has 0 spiro atoms. The lowest BCUT2D eigenvalue weighted by atomic mass is 10.0. The van der Waals surface area contributed by atoms with Crippen molar-refractivity contribution in [3.63, 3.8) is 0 Å². The van der Waals surface area contributed by atoms with Gasteiger partial charge >= 0.3 is 0 Å². The SMILES string of the molecule is CCC(N)C(Oc1ccc(F)cc1Cl)c1ccsc1. The van der Waals surface area contributed by atoms with E-state index in [4.69, 9.17) is 22.1 Å². The number of ether oxygens (including phenoxy) is 1. The van der Waals surface area contributed by atoms with Crippen LogP contribution in [0.5, 0.6) is 5.75 Å². The van der Waals surface area contributed by atoms with Crippen molar-refractivity contribution < 1.29 is 9.13 Å². The topological polar surface area (TPSA) is 35.2 Å². The second-order valence-electron chi connectivity index (χ2n) is 4.24. The maximum absolute atomic E-state index is 13.0. The van der Waals surface area contributed by atoms with Crippen molar-refractivity contribution >= 4 is 22.9 Å². The van der Waals surface area contributed by atoms with Gasteiger partial charge < -0.3 is 10.5 Å². The molecule has 0 aliphatic heterocycles. The standard InChI is InChI=1S/C14H15ClFNOS/c1-2-12(17)14(9-5-6-19-8-9)18-13-4-3-10(16)7-11(13)15/h3-8,12,14H,2,17H2,1H3. The van der Waals surface area contributed by atoms with E-state index in [1.165, 1.54) is 18.2 Å². The molecule has 2 unspecified atom stereocenters. The first-order valence-electron chi connectivity index (χ1n) is 6.01. The molecule has 0 aliphatic rings. The fourth-order valence-corrected chi connectivity index (χ4v) is 2.66. The number of nitrogens with two attached hydrogens (primary N) is 1. The van der Waals surface area contributed by atoms with Crippen LogP contribution < -0.4 is 10.5 Å². The van der Waals surface area contributed by atoms with E-state index in [0.717, 1.165) is 12.0 Å². The number of hydrogen-bond acceptors (Lipinski definition) is 3. The summed E-state index contributed by atoms with van der Waals surface area (Å²) in [4.78, 5) is 0. The summed E-state index contributed by atoms with van der Waals surface area (Å²) >= 11 is 7.56. The minimum atomic E-state index is -0.385. The second-order valence-corrected chi connectivity index (χ2v) is 5.43. The molecule has 19 heavy (non-hydrogen) atoms. The number of benzene rings is 1. The third-order valence-corrected chi connectivity index (χ3v) is 3.88. The van der Waals surface area contributed by atoms with Crippen molar-refractivity contribution in [2.24, 2.45) is 5.73 Å². The van der Waals surface area contributed by atoms with Crippen LogP contribution in [-0.2, 0) is 0 Å². The van der Waals surface area contributed by atoms with Gasteiger partial charge in [-0.05, 0) is 41.4 Å². The Morgan fingerprint density at radius 1 is 1.42 bits per heavy atom. The van der Waals surface area contributed by atoms with Gasteiger partial charge in [0.25, 0.3) is 0 Å². The number of halogens is 2. The van der Waals surface area contributed by atoms with Crippen LogP contribution in [-0.4, -0.2) is 6.04 Å². The zero-order valence-electron chi connectivity index (χ0n) is 10.5. The molecule has 102 valence electrons. The summed E-state index contributed by atoms with van der Waals surface area (Å²) in [6.07, 6.45) is 0.499. The molecular weight excluding hydrogens is 285 g/mol. The van der Waals surface area contributed by atoms with Gasteiger partial charge in [0.2, 0.25) is 0 Å². The number of thiophene rings is 1. The molecule has 2 nitrogen and oxygen atoms in total. The van der Waals surface area contributed by atoms with E-state index >= 15 is 0 Å². The Labute approximate surface area is 121 Å². The van der Waals surface area contributed by atoms with Crippen LogP contribution in [0.15, 0.2) is 35.0 Å². The Bertz CT molecular complexity index is 532. The average molecular weight is 300 g/mol. The molecule has 0 radical (unpaired) electrons. The van der Waals surface area contributed by atoms with Crippen LogP contribution in [0.1, 0.15) is 25.0 Å². The predicted molar refractivity (Wildman–Crippen MR) is 77.4 cm³/mol. The first kappa shape index (κ1) is 14.3. The van der Waals surface area contributed by atoms with E-state index in [0.29, 0.717) is 5.75 Å². The highest BCUT2D eigenvalue weighted by molar-refractivity contribution is 7.07. The summed E-state index contributed by atoms with van der Waals surface area (Å²) in [6.45, 7) is 2.00. The summed E-state index contributed by atoms with van der Waals surface area (Å²) in [7, 11) is 0. The van der Waals surface area contributed by atoms with Gasteiger partial charge in [0.1, 0.15) is 17.7 Å². The third kappa shape index (κ3) is 3.47. The lowest BCUT2D eigenvalue weighted by molar-refractivity contribution is 0.171. The summed E-state index contributed by atoms with van der Waals surface area (Å²) in [5.74, 6) is 0.0624. The predicted octanol–water partition coefficient (Wildman–Crippen LogP) is 4.40. The summed E-state index contributed by atoms with van der Waals surface area (Å²) in [5, 5.41) is 4.22. The van der Waals surface area contributed by atoms with Crippen LogP contribution >= 0.6 is 22.9 Å². The van der Waals surface area contributed by atoms with Crippen molar-refractivity contribution in [3.05, 3.63) is 51.4 Å². The number of hydrogen-bond donors (Lipinski definition) is 1. The van der Waals surface area contributed by atoms with E-state index in [9.17, 15) is 4.39 Å².